The highest BCUT2D eigenvalue weighted by Crippen LogP contribution is 2.44. The van der Waals surface area contributed by atoms with Crippen LogP contribution in [0.15, 0.2) is 47.8 Å². The predicted octanol–water partition coefficient (Wildman–Crippen LogP) is 5.33. The third-order valence-electron chi connectivity index (χ3n) is 16.2. The molecule has 5 heterocycles. The Morgan fingerprint density at radius 1 is 1.01 bits per heavy atom. The van der Waals surface area contributed by atoms with Crippen LogP contribution >= 0.6 is 0 Å². The molecule has 410 valence electrons. The summed E-state index contributed by atoms with van der Waals surface area (Å²) >= 11 is 0. The number of carbonyl (C=O) groups excluding carboxylic acids is 1. The number of nitro groups is 1. The monoisotopic (exact) mass is 1030 g/mol. The fourth-order valence-electron chi connectivity index (χ4n) is 11.7. The zero-order chi connectivity index (χ0) is 53.7. The molecule has 3 unspecified atom stereocenters. The number of fused-ring (bicyclic) bond motifs is 5. The number of likely N-dealkylation sites (N-methyl/N-ethyl adjacent to an activating group) is 1. The van der Waals surface area contributed by atoms with Gasteiger partial charge in [-0.2, -0.15) is 4.91 Å². The summed E-state index contributed by atoms with van der Waals surface area (Å²) in [6.45, 7) is 23.1. The van der Waals surface area contributed by atoms with Gasteiger partial charge in [-0.15, -0.1) is 5.10 Å². The van der Waals surface area contributed by atoms with Crippen LogP contribution in [0, 0.1) is 38.7 Å². The Bertz CT molecular complexity index is 2170. The first kappa shape index (κ1) is 58.4. The van der Waals surface area contributed by atoms with E-state index in [9.17, 15) is 35.1 Å². The molecule has 21 nitrogen and oxygen atoms in total. The lowest BCUT2D eigenvalue weighted by molar-refractivity contribution is -0.384. The van der Waals surface area contributed by atoms with E-state index >= 15 is 0 Å². The van der Waals surface area contributed by atoms with Crippen molar-refractivity contribution in [3.8, 4) is 0 Å². The van der Waals surface area contributed by atoms with Gasteiger partial charge in [0.1, 0.15) is 23.9 Å². The third-order valence-corrected chi connectivity index (χ3v) is 16.2. The van der Waals surface area contributed by atoms with Crippen LogP contribution in [0.25, 0.3) is 0 Å². The molecule has 21 heteroatoms. The largest absolute Gasteiger partial charge is 0.459 e. The van der Waals surface area contributed by atoms with Gasteiger partial charge in [0.25, 0.3) is 5.69 Å². The van der Waals surface area contributed by atoms with Crippen LogP contribution in [0.5, 0.6) is 0 Å². The molecule has 1 aromatic heterocycles. The first-order chi connectivity index (χ1) is 34.4. The Kier molecular flexibility index (Phi) is 19.5. The van der Waals surface area contributed by atoms with Gasteiger partial charge in [0.05, 0.1) is 77.5 Å². The van der Waals surface area contributed by atoms with Crippen molar-refractivity contribution in [2.24, 2.45) is 28.8 Å². The molecule has 4 saturated heterocycles. The van der Waals surface area contributed by atoms with Crippen molar-refractivity contribution in [1.29, 1.82) is 0 Å². The second-order valence-electron chi connectivity index (χ2n) is 22.0. The summed E-state index contributed by atoms with van der Waals surface area (Å²) in [6.07, 6.45) is -5.82. The number of rotatable bonds is 15. The zero-order valence-electron chi connectivity index (χ0n) is 44.8. The van der Waals surface area contributed by atoms with Crippen LogP contribution in [0.3, 0.4) is 0 Å². The number of nitrogens with zero attached hydrogens (tertiary/aromatic N) is 6. The number of non-ortho nitro benzene ring substituents is 1. The standard InChI is InChI=1S/C52H82N6O15/c1-14-40-52(11,62)47-32(5)42(54-63)30(3)24-51(10,68-28-29(2)27-67-47)46(33(6)44(34(7)48(61)71-40)72-41-25-50(9,66-13)45(60)35(8)70-41)73-49-43(59)39(23-31(4)69-49)56(12)21-20-37-26-57(55-53-37)22-19-36-15-17-38(18-16-36)58(64)65/h15-18,26,30-35,39-47,49,59-60,62H,2,14,19-25,27-28H2,1,3-13H3/t30-,31-,32+,33+,34-,35+,39+,40-,41?,42?,43?,44+,45+,46-,47-,49+,50-,51-,52-/m1/s1. The lowest BCUT2D eigenvalue weighted by Gasteiger charge is -2.50. The van der Waals surface area contributed by atoms with E-state index in [0.717, 1.165) is 11.3 Å². The molecule has 0 aliphatic carbocycles. The van der Waals surface area contributed by atoms with E-state index in [0.29, 0.717) is 37.9 Å². The molecule has 73 heavy (non-hydrogen) atoms. The number of aryl methyl sites for hydroxylation is 2. The van der Waals surface area contributed by atoms with Crippen molar-refractivity contribution < 1.29 is 62.9 Å². The fraction of sp³-hybridized carbons (Fsp3) is 0.788. The lowest BCUT2D eigenvalue weighted by atomic mass is 9.72. The van der Waals surface area contributed by atoms with Crippen LogP contribution < -0.4 is 0 Å². The number of nitroso groups, excluding NO2 is 1. The summed E-state index contributed by atoms with van der Waals surface area (Å²) in [7, 11) is 3.43. The Labute approximate surface area is 429 Å². The minimum absolute atomic E-state index is 0.0171. The molecule has 1 aromatic carbocycles. The molecule has 0 spiro atoms. The number of benzene rings is 1. The number of hydrogen-bond acceptors (Lipinski definition) is 19. The second-order valence-corrected chi connectivity index (χ2v) is 22.0. The molecule has 0 radical (unpaired) electrons. The number of methoxy groups -OCH3 is 1. The highest BCUT2D eigenvalue weighted by molar-refractivity contribution is 5.73. The summed E-state index contributed by atoms with van der Waals surface area (Å²) in [5.41, 5.74) is -1.96. The maximum Gasteiger partial charge on any atom is 0.311 e. The highest BCUT2D eigenvalue weighted by Gasteiger charge is 2.55. The molecule has 3 N–H and O–H groups in total. The van der Waals surface area contributed by atoms with Gasteiger partial charge in [0, 0.05) is 69.2 Å². The SMILES string of the molecule is C=C1CO[C@@H]2[C@@H](C)C(N=O)[C@H](C)C[C@@](C)(OC1)[C@H](O[C@@H]1O[C@H](C)C[C@H](N(C)CCc3cn(CCc4ccc([N+](=O)[O-])cc4)nn3)C1O)[C@@H](C)[C@H](OC1C[C@@](C)(OC)[C@@H](O)[C@H](C)O1)[C@@H](C)C(=O)O[C@H](CC)[C@@]2(C)O. The van der Waals surface area contributed by atoms with Crippen molar-refractivity contribution in [1.82, 2.24) is 19.9 Å². The van der Waals surface area contributed by atoms with Crippen LogP contribution in [-0.4, -0.2) is 170 Å². The second kappa shape index (κ2) is 24.4. The molecule has 0 amide bonds. The summed E-state index contributed by atoms with van der Waals surface area (Å²) in [5, 5.41) is 59.5. The molecule has 2 bridgehead atoms. The van der Waals surface area contributed by atoms with Gasteiger partial charge < -0.3 is 58.1 Å². The van der Waals surface area contributed by atoms with E-state index in [1.807, 2.05) is 45.8 Å². The van der Waals surface area contributed by atoms with E-state index in [2.05, 4.69) is 22.1 Å². The Morgan fingerprint density at radius 3 is 2.36 bits per heavy atom. The average molecular weight is 1030 g/mol. The lowest BCUT2D eigenvalue weighted by Crippen LogP contribution is -2.62. The number of hydrogen-bond donors (Lipinski definition) is 3. The number of cyclic esters (lactones) is 1. The number of esters is 1. The molecule has 0 saturated carbocycles. The summed E-state index contributed by atoms with van der Waals surface area (Å²) in [5.74, 6) is -3.70. The molecule has 2 aromatic rings. The van der Waals surface area contributed by atoms with Crippen molar-refractivity contribution in [3.05, 3.63) is 68.9 Å². The van der Waals surface area contributed by atoms with Gasteiger partial charge in [-0.3, -0.25) is 19.6 Å². The molecular weight excluding hydrogens is 949 g/mol. The minimum Gasteiger partial charge on any atom is -0.459 e. The summed E-state index contributed by atoms with van der Waals surface area (Å²) in [4.78, 5) is 40.5. The first-order valence-corrected chi connectivity index (χ1v) is 25.9. The average Bonchev–Trinajstić information content (AvgIpc) is 3.81. The normalized spacial score (nSPS) is 40.3. The van der Waals surface area contributed by atoms with Crippen LogP contribution in [0.4, 0.5) is 5.69 Å². The minimum atomic E-state index is -1.80. The van der Waals surface area contributed by atoms with E-state index in [4.69, 9.17) is 37.9 Å². The molecule has 6 rings (SSSR count). The van der Waals surface area contributed by atoms with Gasteiger partial charge in [-0.05, 0) is 91.3 Å². The maximum absolute atomic E-state index is 14.7. The predicted molar refractivity (Wildman–Crippen MR) is 267 cm³/mol. The number of nitro benzene ring substituents is 1. The van der Waals surface area contributed by atoms with E-state index in [-0.39, 0.29) is 44.3 Å². The van der Waals surface area contributed by atoms with Crippen LogP contribution in [-0.2, 0) is 62.1 Å². The van der Waals surface area contributed by atoms with Gasteiger partial charge in [0.2, 0.25) is 0 Å². The molecule has 19 atom stereocenters. The van der Waals surface area contributed by atoms with E-state index in [1.165, 1.54) is 19.2 Å². The number of aliphatic hydroxyl groups excluding tert-OH is 2. The van der Waals surface area contributed by atoms with Crippen molar-refractivity contribution in [2.75, 3.05) is 33.9 Å². The van der Waals surface area contributed by atoms with Crippen molar-refractivity contribution >= 4 is 11.7 Å². The van der Waals surface area contributed by atoms with Gasteiger partial charge in [-0.25, -0.2) is 0 Å². The topological polar surface area (TPSA) is 258 Å². The number of aromatic nitrogens is 3. The highest BCUT2D eigenvalue weighted by atomic mass is 16.7. The Balaban J connectivity index is 1.34. The Hall–Kier alpha value is -3.87. The van der Waals surface area contributed by atoms with E-state index in [1.54, 1.807) is 58.4 Å². The smallest absolute Gasteiger partial charge is 0.311 e. The van der Waals surface area contributed by atoms with E-state index < -0.39 is 119 Å². The fourth-order valence-corrected chi connectivity index (χ4v) is 11.7. The number of carbonyl (C=O) groups is 1. The summed E-state index contributed by atoms with van der Waals surface area (Å²) < 4.78 is 54.3. The van der Waals surface area contributed by atoms with Crippen molar-refractivity contribution in [3.63, 3.8) is 0 Å². The van der Waals surface area contributed by atoms with Gasteiger partial charge in [-0.1, -0.05) is 56.8 Å². The van der Waals surface area contributed by atoms with Crippen molar-refractivity contribution in [2.45, 2.75) is 205 Å². The molecule has 4 aliphatic rings. The third kappa shape index (κ3) is 13.4. The molecule has 4 aliphatic heterocycles. The number of aliphatic hydroxyl groups is 3. The first-order valence-electron chi connectivity index (χ1n) is 25.9. The van der Waals surface area contributed by atoms with Gasteiger partial charge in [0.15, 0.2) is 12.6 Å². The van der Waals surface area contributed by atoms with Crippen LogP contribution in [0.1, 0.15) is 106 Å². The molecular formula is C52H82N6O15. The summed E-state index contributed by atoms with van der Waals surface area (Å²) in [6, 6.07) is 5.06. The van der Waals surface area contributed by atoms with Gasteiger partial charge >= 0.3 is 5.97 Å². The maximum atomic E-state index is 14.7. The number of ether oxygens (including phenoxy) is 8. The Morgan fingerprint density at radius 2 is 1.71 bits per heavy atom. The quantitative estimate of drug-likeness (QED) is 0.0670. The zero-order valence-corrected chi connectivity index (χ0v) is 44.8. The molecule has 4 fully saturated rings. The van der Waals surface area contributed by atoms with Crippen LogP contribution in [0.2, 0.25) is 0 Å².